The molecule has 270 valence electrons. The van der Waals surface area contributed by atoms with Crippen LogP contribution in [-0.2, 0) is 19.2 Å². The van der Waals surface area contributed by atoms with Crippen LogP contribution >= 0.6 is 0 Å². The van der Waals surface area contributed by atoms with E-state index in [1.165, 1.54) is 12.4 Å². The van der Waals surface area contributed by atoms with E-state index in [1.54, 1.807) is 19.1 Å². The fourth-order valence-corrected chi connectivity index (χ4v) is 6.15. The normalized spacial score (nSPS) is 17.2. The smallest absolute Gasteiger partial charge is 0.252 e. The standard InChI is InChI=1S/C36H61N7O5/c1-8-14-29(41-36(48)30(24(6)9-2)42-33(45)27-17-19-37-20-18-27)34(46)40-28(21-23(4)5)22-39-25(7)32(44)43-31(35(47)38-10-3)26-15-12-11-13-16-26/h17-20,23-26,28-31,39H,8-16,21-22H2,1-7H3,(H,38,47)(H,40,46)(H,41,48)(H,42,45)(H,43,44)/t24?,25-,28?,29-,30?,31?/m0/s1. The van der Waals surface area contributed by atoms with Crippen molar-refractivity contribution in [1.29, 1.82) is 0 Å². The Kier molecular flexibility index (Phi) is 18.1. The van der Waals surface area contributed by atoms with E-state index < -0.39 is 30.1 Å². The number of rotatable bonds is 20. The molecular weight excluding hydrogens is 610 g/mol. The lowest BCUT2D eigenvalue weighted by molar-refractivity contribution is -0.131. The molecule has 4 unspecified atom stereocenters. The van der Waals surface area contributed by atoms with Gasteiger partial charge < -0.3 is 31.9 Å². The molecule has 0 bridgehead atoms. The molecule has 12 nitrogen and oxygen atoms in total. The van der Waals surface area contributed by atoms with Gasteiger partial charge in [-0.05, 0) is 69.4 Å². The monoisotopic (exact) mass is 671 g/mol. The number of nitrogens with one attached hydrogen (secondary N) is 6. The van der Waals surface area contributed by atoms with Crippen molar-refractivity contribution in [1.82, 2.24) is 36.9 Å². The highest BCUT2D eigenvalue weighted by Crippen LogP contribution is 2.26. The SMILES string of the molecule is CCC[C@H](NC(=O)C(NC(=O)c1ccncc1)C(C)CC)C(=O)NC(CN[C@@H](C)C(=O)NC(C(=O)NCC)C1CCCCC1)CC(C)C. The Bertz CT molecular complexity index is 1160. The Morgan fingerprint density at radius 2 is 1.48 bits per heavy atom. The molecule has 1 fully saturated rings. The summed E-state index contributed by atoms with van der Waals surface area (Å²) in [6.45, 7) is 14.4. The third-order valence-corrected chi connectivity index (χ3v) is 9.15. The number of hydrogen-bond donors (Lipinski definition) is 6. The van der Waals surface area contributed by atoms with Gasteiger partial charge in [-0.2, -0.15) is 0 Å². The van der Waals surface area contributed by atoms with E-state index >= 15 is 0 Å². The lowest BCUT2D eigenvalue weighted by Crippen LogP contribution is -2.58. The lowest BCUT2D eigenvalue weighted by Gasteiger charge is -2.31. The Morgan fingerprint density at radius 3 is 2.06 bits per heavy atom. The topological polar surface area (TPSA) is 170 Å². The molecule has 0 radical (unpaired) electrons. The predicted octanol–water partition coefficient (Wildman–Crippen LogP) is 3.22. The largest absolute Gasteiger partial charge is 0.355 e. The van der Waals surface area contributed by atoms with E-state index in [9.17, 15) is 24.0 Å². The summed E-state index contributed by atoms with van der Waals surface area (Å²) in [5, 5.41) is 18.0. The summed E-state index contributed by atoms with van der Waals surface area (Å²) in [5.74, 6) is -1.31. The Labute approximate surface area is 287 Å². The third-order valence-electron chi connectivity index (χ3n) is 9.15. The lowest BCUT2D eigenvalue weighted by atomic mass is 9.83. The zero-order valence-corrected chi connectivity index (χ0v) is 30.2. The van der Waals surface area contributed by atoms with Gasteiger partial charge in [0.05, 0.1) is 6.04 Å². The van der Waals surface area contributed by atoms with Gasteiger partial charge >= 0.3 is 0 Å². The Morgan fingerprint density at radius 1 is 0.812 bits per heavy atom. The van der Waals surface area contributed by atoms with Gasteiger partial charge in [-0.25, -0.2) is 0 Å². The number of amides is 5. The summed E-state index contributed by atoms with van der Waals surface area (Å²) >= 11 is 0. The number of hydrogen-bond acceptors (Lipinski definition) is 7. The Balaban J connectivity index is 2.07. The first-order valence-electron chi connectivity index (χ1n) is 18.0. The fourth-order valence-electron chi connectivity index (χ4n) is 6.15. The summed E-state index contributed by atoms with van der Waals surface area (Å²) in [4.78, 5) is 70.1. The van der Waals surface area contributed by atoms with Crippen molar-refractivity contribution >= 4 is 29.5 Å². The molecule has 0 saturated heterocycles. The second-order valence-corrected chi connectivity index (χ2v) is 13.7. The average Bonchev–Trinajstić information content (AvgIpc) is 3.07. The van der Waals surface area contributed by atoms with Crippen LogP contribution in [-0.4, -0.2) is 77.8 Å². The second kappa shape index (κ2) is 21.4. The van der Waals surface area contributed by atoms with Gasteiger partial charge in [-0.1, -0.05) is 66.7 Å². The summed E-state index contributed by atoms with van der Waals surface area (Å²) in [7, 11) is 0. The van der Waals surface area contributed by atoms with Crippen LogP contribution in [0.1, 0.15) is 117 Å². The molecule has 0 aromatic carbocycles. The van der Waals surface area contributed by atoms with E-state index in [1.807, 2.05) is 27.7 Å². The van der Waals surface area contributed by atoms with E-state index in [-0.39, 0.29) is 47.4 Å². The molecule has 0 aliphatic heterocycles. The molecule has 2 rings (SSSR count). The summed E-state index contributed by atoms with van der Waals surface area (Å²) in [5.41, 5.74) is 0.398. The van der Waals surface area contributed by atoms with Gasteiger partial charge in [0.15, 0.2) is 0 Å². The van der Waals surface area contributed by atoms with Crippen molar-refractivity contribution in [3.8, 4) is 0 Å². The van der Waals surface area contributed by atoms with Crippen molar-refractivity contribution in [2.75, 3.05) is 13.1 Å². The first-order valence-corrected chi connectivity index (χ1v) is 18.0. The van der Waals surface area contributed by atoms with E-state index in [0.29, 0.717) is 44.3 Å². The molecule has 0 spiro atoms. The number of aromatic nitrogens is 1. The third kappa shape index (κ3) is 13.5. The first kappa shape index (κ1) is 40.6. The van der Waals surface area contributed by atoms with Crippen LogP contribution in [0.2, 0.25) is 0 Å². The minimum Gasteiger partial charge on any atom is -0.355 e. The van der Waals surface area contributed by atoms with E-state index in [0.717, 1.165) is 32.1 Å². The Hall–Kier alpha value is -3.54. The van der Waals surface area contributed by atoms with E-state index in [4.69, 9.17) is 0 Å². The second-order valence-electron chi connectivity index (χ2n) is 13.7. The van der Waals surface area contributed by atoms with Crippen molar-refractivity contribution in [2.45, 2.75) is 136 Å². The highest BCUT2D eigenvalue weighted by atomic mass is 16.2. The minimum atomic E-state index is -0.827. The highest BCUT2D eigenvalue weighted by molar-refractivity contribution is 5.98. The molecule has 1 saturated carbocycles. The molecule has 5 amide bonds. The van der Waals surface area contributed by atoms with Crippen LogP contribution in [0.3, 0.4) is 0 Å². The zero-order valence-electron chi connectivity index (χ0n) is 30.2. The summed E-state index contributed by atoms with van der Waals surface area (Å²) < 4.78 is 0. The number of carbonyl (C=O) groups is 5. The van der Waals surface area contributed by atoms with E-state index in [2.05, 4.69) is 50.7 Å². The number of nitrogens with zero attached hydrogens (tertiary/aromatic N) is 1. The number of pyridine rings is 1. The van der Waals surface area contributed by atoms with Crippen LogP contribution in [0.5, 0.6) is 0 Å². The molecule has 1 aliphatic carbocycles. The van der Waals surface area contributed by atoms with Crippen LogP contribution in [0.25, 0.3) is 0 Å². The molecule has 6 atom stereocenters. The fraction of sp³-hybridized carbons (Fsp3) is 0.722. The zero-order chi connectivity index (χ0) is 35.6. The predicted molar refractivity (Wildman–Crippen MR) is 188 cm³/mol. The van der Waals surface area contributed by atoms with Crippen LogP contribution < -0.4 is 31.9 Å². The maximum Gasteiger partial charge on any atom is 0.252 e. The van der Waals surface area contributed by atoms with Gasteiger partial charge in [0.1, 0.15) is 18.1 Å². The highest BCUT2D eigenvalue weighted by Gasteiger charge is 2.33. The van der Waals surface area contributed by atoms with Crippen molar-refractivity contribution < 1.29 is 24.0 Å². The molecule has 1 aromatic rings. The minimum absolute atomic E-state index is 0.115. The molecular formula is C36H61N7O5. The first-order chi connectivity index (χ1) is 22.9. The maximum atomic E-state index is 13.6. The van der Waals surface area contributed by atoms with Crippen LogP contribution in [0.15, 0.2) is 24.5 Å². The van der Waals surface area contributed by atoms with Crippen LogP contribution in [0, 0.1) is 17.8 Å². The van der Waals surface area contributed by atoms with Gasteiger partial charge in [0, 0.05) is 37.1 Å². The summed E-state index contributed by atoms with van der Waals surface area (Å²) in [6.07, 6.45) is 10.5. The number of carbonyl (C=O) groups excluding carboxylic acids is 5. The average molecular weight is 672 g/mol. The number of likely N-dealkylation sites (N-methyl/N-ethyl adjacent to an activating group) is 1. The molecule has 1 aliphatic rings. The van der Waals surface area contributed by atoms with Crippen molar-refractivity contribution in [3.63, 3.8) is 0 Å². The van der Waals surface area contributed by atoms with Gasteiger partial charge in [-0.15, -0.1) is 0 Å². The van der Waals surface area contributed by atoms with Gasteiger partial charge in [-0.3, -0.25) is 29.0 Å². The molecule has 12 heteroatoms. The maximum absolute atomic E-state index is 13.6. The molecule has 6 N–H and O–H groups in total. The van der Waals surface area contributed by atoms with Gasteiger partial charge in [0.25, 0.3) is 5.91 Å². The molecule has 1 heterocycles. The molecule has 48 heavy (non-hydrogen) atoms. The quantitative estimate of drug-likeness (QED) is 0.124. The van der Waals surface area contributed by atoms with Crippen molar-refractivity contribution in [2.24, 2.45) is 17.8 Å². The van der Waals surface area contributed by atoms with Crippen molar-refractivity contribution in [3.05, 3.63) is 30.1 Å². The molecule has 1 aromatic heterocycles. The summed E-state index contributed by atoms with van der Waals surface area (Å²) in [6, 6.07) is 0.0738. The van der Waals surface area contributed by atoms with Crippen LogP contribution in [0.4, 0.5) is 0 Å². The van der Waals surface area contributed by atoms with Gasteiger partial charge in [0.2, 0.25) is 23.6 Å².